The van der Waals surface area contributed by atoms with E-state index in [4.69, 9.17) is 4.74 Å². The zero-order valence-corrected chi connectivity index (χ0v) is 10.8. The monoisotopic (exact) mass is 217 g/mol. The molecule has 0 atom stereocenters. The number of hydrogen-bond acceptors (Lipinski definition) is 4. The van der Waals surface area contributed by atoms with Crippen molar-refractivity contribution in [3.05, 3.63) is 0 Å². The van der Waals surface area contributed by atoms with Gasteiger partial charge >= 0.3 is 0 Å². The maximum Gasteiger partial charge on any atom is 0.0474 e. The van der Waals surface area contributed by atoms with Gasteiger partial charge in [-0.25, -0.2) is 0 Å². The van der Waals surface area contributed by atoms with Crippen molar-refractivity contribution in [1.82, 2.24) is 15.1 Å². The number of nitrogens with zero attached hydrogens (tertiary/aromatic N) is 2. The molecule has 0 aromatic rings. The molecular formula is C11H27N3O. The first kappa shape index (κ1) is 14.8. The van der Waals surface area contributed by atoms with Crippen LogP contribution in [0.1, 0.15) is 6.42 Å². The Morgan fingerprint density at radius 1 is 1.00 bits per heavy atom. The van der Waals surface area contributed by atoms with Gasteiger partial charge < -0.3 is 19.9 Å². The Hall–Kier alpha value is -0.160. The fourth-order valence-corrected chi connectivity index (χ4v) is 1.22. The van der Waals surface area contributed by atoms with E-state index in [-0.39, 0.29) is 0 Å². The molecule has 0 saturated carbocycles. The normalized spacial score (nSPS) is 11.6. The van der Waals surface area contributed by atoms with Crippen LogP contribution in [0.25, 0.3) is 0 Å². The molecule has 0 radical (unpaired) electrons. The topological polar surface area (TPSA) is 27.7 Å². The number of rotatable bonds is 10. The van der Waals surface area contributed by atoms with E-state index in [1.807, 2.05) is 0 Å². The third kappa shape index (κ3) is 11.8. The van der Waals surface area contributed by atoms with Crippen LogP contribution in [-0.2, 0) is 4.74 Å². The molecule has 0 aromatic carbocycles. The summed E-state index contributed by atoms with van der Waals surface area (Å²) in [6.07, 6.45) is 1.10. The Balaban J connectivity index is 3.13. The Morgan fingerprint density at radius 3 is 2.33 bits per heavy atom. The molecule has 0 bridgehead atoms. The van der Waals surface area contributed by atoms with Crippen LogP contribution in [-0.4, -0.2) is 77.4 Å². The predicted octanol–water partition coefficient (Wildman–Crippen LogP) is 0.106. The molecule has 92 valence electrons. The van der Waals surface area contributed by atoms with Crippen molar-refractivity contribution in [2.24, 2.45) is 0 Å². The third-order valence-electron chi connectivity index (χ3n) is 2.30. The van der Waals surface area contributed by atoms with Crippen molar-refractivity contribution in [2.75, 3.05) is 67.6 Å². The fraction of sp³-hybridized carbons (Fsp3) is 1.00. The van der Waals surface area contributed by atoms with Gasteiger partial charge in [-0.1, -0.05) is 0 Å². The minimum atomic E-state index is 0.851. The van der Waals surface area contributed by atoms with Gasteiger partial charge in [0.2, 0.25) is 0 Å². The van der Waals surface area contributed by atoms with Gasteiger partial charge in [0.1, 0.15) is 0 Å². The van der Waals surface area contributed by atoms with E-state index in [2.05, 4.69) is 36.3 Å². The largest absolute Gasteiger partial charge is 0.385 e. The highest BCUT2D eigenvalue weighted by atomic mass is 16.5. The van der Waals surface area contributed by atoms with Crippen molar-refractivity contribution in [1.29, 1.82) is 0 Å². The second kappa shape index (κ2) is 10.4. The third-order valence-corrected chi connectivity index (χ3v) is 2.30. The van der Waals surface area contributed by atoms with Crippen LogP contribution in [0.3, 0.4) is 0 Å². The molecule has 0 aromatic heterocycles. The summed E-state index contributed by atoms with van der Waals surface area (Å²) in [4.78, 5) is 4.56. The van der Waals surface area contributed by atoms with E-state index >= 15 is 0 Å². The van der Waals surface area contributed by atoms with E-state index in [9.17, 15) is 0 Å². The minimum Gasteiger partial charge on any atom is -0.385 e. The molecule has 15 heavy (non-hydrogen) atoms. The highest BCUT2D eigenvalue weighted by Gasteiger charge is 1.98. The summed E-state index contributed by atoms with van der Waals surface area (Å²) in [5.41, 5.74) is 0. The van der Waals surface area contributed by atoms with Gasteiger partial charge in [-0.05, 0) is 34.1 Å². The highest BCUT2D eigenvalue weighted by molar-refractivity contribution is 4.56. The number of nitrogens with one attached hydrogen (secondary N) is 1. The molecule has 0 aliphatic carbocycles. The molecule has 1 N–H and O–H groups in total. The Labute approximate surface area is 94.6 Å². The average Bonchev–Trinajstić information content (AvgIpc) is 2.20. The van der Waals surface area contributed by atoms with Gasteiger partial charge in [-0.2, -0.15) is 0 Å². The van der Waals surface area contributed by atoms with Crippen molar-refractivity contribution in [3.63, 3.8) is 0 Å². The second-order valence-electron chi connectivity index (χ2n) is 4.20. The van der Waals surface area contributed by atoms with E-state index < -0.39 is 0 Å². The van der Waals surface area contributed by atoms with Gasteiger partial charge in [0.25, 0.3) is 0 Å². The van der Waals surface area contributed by atoms with E-state index in [0.29, 0.717) is 0 Å². The van der Waals surface area contributed by atoms with E-state index in [0.717, 1.165) is 45.8 Å². The highest BCUT2D eigenvalue weighted by Crippen LogP contribution is 1.83. The number of likely N-dealkylation sites (N-methyl/N-ethyl adjacent to an activating group) is 2. The number of hydrogen-bond donors (Lipinski definition) is 1. The molecule has 0 aliphatic heterocycles. The van der Waals surface area contributed by atoms with Crippen molar-refractivity contribution in [2.45, 2.75) is 6.42 Å². The molecule has 0 unspecified atom stereocenters. The Bertz CT molecular complexity index is 131. The lowest BCUT2D eigenvalue weighted by Gasteiger charge is -2.19. The lowest BCUT2D eigenvalue weighted by atomic mass is 10.4. The predicted molar refractivity (Wildman–Crippen MR) is 65.4 cm³/mol. The maximum absolute atomic E-state index is 4.98. The lowest BCUT2D eigenvalue weighted by molar-refractivity contribution is 0.193. The molecule has 4 nitrogen and oxygen atoms in total. The first-order valence-corrected chi connectivity index (χ1v) is 5.69. The summed E-state index contributed by atoms with van der Waals surface area (Å²) in [5, 5.41) is 3.40. The molecule has 0 saturated heterocycles. The molecule has 0 amide bonds. The number of ether oxygens (including phenoxy) is 1. The van der Waals surface area contributed by atoms with E-state index in [1.165, 1.54) is 0 Å². The standard InChI is InChI=1S/C11H27N3O/c1-13(2)9-10-14(3)8-7-12-6-5-11-15-4/h12H,5-11H2,1-4H3. The number of methoxy groups -OCH3 is 1. The molecule has 0 spiro atoms. The van der Waals surface area contributed by atoms with Crippen LogP contribution >= 0.6 is 0 Å². The smallest absolute Gasteiger partial charge is 0.0474 e. The van der Waals surface area contributed by atoms with Crippen LogP contribution in [0.4, 0.5) is 0 Å². The van der Waals surface area contributed by atoms with Crippen LogP contribution in [0.5, 0.6) is 0 Å². The van der Waals surface area contributed by atoms with Crippen LogP contribution < -0.4 is 5.32 Å². The van der Waals surface area contributed by atoms with Gasteiger partial charge in [-0.3, -0.25) is 0 Å². The molecule has 0 rings (SSSR count). The molecule has 0 fully saturated rings. The fourth-order valence-electron chi connectivity index (χ4n) is 1.22. The van der Waals surface area contributed by atoms with Gasteiger partial charge in [-0.15, -0.1) is 0 Å². The zero-order chi connectivity index (χ0) is 11.5. The van der Waals surface area contributed by atoms with Gasteiger partial charge in [0.05, 0.1) is 0 Å². The summed E-state index contributed by atoms with van der Waals surface area (Å²) < 4.78 is 4.98. The van der Waals surface area contributed by atoms with Crippen LogP contribution in [0.2, 0.25) is 0 Å². The van der Waals surface area contributed by atoms with Crippen LogP contribution in [0, 0.1) is 0 Å². The summed E-state index contributed by atoms with van der Waals surface area (Å²) >= 11 is 0. The lowest BCUT2D eigenvalue weighted by Crippen LogP contribution is -2.34. The maximum atomic E-state index is 4.98. The first-order valence-electron chi connectivity index (χ1n) is 5.69. The second-order valence-corrected chi connectivity index (χ2v) is 4.20. The molecular weight excluding hydrogens is 190 g/mol. The average molecular weight is 217 g/mol. The minimum absolute atomic E-state index is 0.851. The summed E-state index contributed by atoms with van der Waals surface area (Å²) in [6, 6.07) is 0. The summed E-state index contributed by atoms with van der Waals surface area (Å²) in [6.45, 7) is 6.33. The van der Waals surface area contributed by atoms with Crippen molar-refractivity contribution >= 4 is 0 Å². The molecule has 0 heterocycles. The van der Waals surface area contributed by atoms with Crippen LogP contribution in [0.15, 0.2) is 0 Å². The summed E-state index contributed by atoms with van der Waals surface area (Å²) in [7, 11) is 8.13. The summed E-state index contributed by atoms with van der Waals surface area (Å²) in [5.74, 6) is 0. The van der Waals surface area contributed by atoms with Crippen molar-refractivity contribution in [3.8, 4) is 0 Å². The zero-order valence-electron chi connectivity index (χ0n) is 10.8. The molecule has 4 heteroatoms. The van der Waals surface area contributed by atoms with Gasteiger partial charge in [0, 0.05) is 39.9 Å². The van der Waals surface area contributed by atoms with Crippen molar-refractivity contribution < 1.29 is 4.74 Å². The van der Waals surface area contributed by atoms with E-state index in [1.54, 1.807) is 7.11 Å². The van der Waals surface area contributed by atoms with Gasteiger partial charge in [0.15, 0.2) is 0 Å². The first-order chi connectivity index (χ1) is 7.16. The SMILES string of the molecule is COCCCNCCN(C)CCN(C)C. The quantitative estimate of drug-likeness (QED) is 0.526. The Kier molecular flexibility index (Phi) is 10.3. The molecule has 0 aliphatic rings. The Morgan fingerprint density at radius 2 is 1.73 bits per heavy atom.